The molecular formula is C22H14ClN. The van der Waals surface area contributed by atoms with E-state index in [9.17, 15) is 0 Å². The first kappa shape index (κ1) is 13.6. The minimum atomic E-state index is 0.766. The van der Waals surface area contributed by atoms with Crippen molar-refractivity contribution in [2.75, 3.05) is 0 Å². The van der Waals surface area contributed by atoms with Gasteiger partial charge < -0.3 is 4.57 Å². The van der Waals surface area contributed by atoms with Crippen molar-refractivity contribution in [3.05, 3.63) is 90.0 Å². The summed E-state index contributed by atoms with van der Waals surface area (Å²) in [6, 6.07) is 29.6. The topological polar surface area (TPSA) is 4.93 Å². The minimum absolute atomic E-state index is 0.766. The Morgan fingerprint density at radius 1 is 0.583 bits per heavy atom. The number of benzene rings is 4. The molecular weight excluding hydrogens is 314 g/mol. The second kappa shape index (κ2) is 5.12. The molecule has 0 saturated carbocycles. The van der Waals surface area contributed by atoms with Crippen LogP contribution in [0.15, 0.2) is 84.9 Å². The van der Waals surface area contributed by atoms with Gasteiger partial charge in [0.1, 0.15) is 0 Å². The highest BCUT2D eigenvalue weighted by atomic mass is 35.5. The molecule has 2 heteroatoms. The van der Waals surface area contributed by atoms with E-state index in [0.717, 1.165) is 10.7 Å². The molecule has 1 nitrogen and oxygen atoms in total. The summed E-state index contributed by atoms with van der Waals surface area (Å²) in [7, 11) is 0. The van der Waals surface area contributed by atoms with Gasteiger partial charge in [-0.2, -0.15) is 0 Å². The van der Waals surface area contributed by atoms with Crippen LogP contribution in [0.1, 0.15) is 0 Å². The molecule has 0 spiro atoms. The molecule has 0 amide bonds. The monoisotopic (exact) mass is 327 g/mol. The molecule has 0 aliphatic heterocycles. The second-order valence-corrected chi connectivity index (χ2v) is 6.49. The zero-order valence-electron chi connectivity index (χ0n) is 12.9. The predicted octanol–water partition coefficient (Wildman–Crippen LogP) is 6.59. The number of nitrogens with zero attached hydrogens (tertiary/aromatic N) is 1. The number of halogens is 1. The van der Waals surface area contributed by atoms with E-state index in [-0.39, 0.29) is 0 Å². The molecule has 5 aromatic rings. The Labute approximate surface area is 144 Å². The summed E-state index contributed by atoms with van der Waals surface area (Å²) < 4.78 is 2.31. The highest BCUT2D eigenvalue weighted by Gasteiger charge is 2.13. The zero-order chi connectivity index (χ0) is 16.1. The number of hydrogen-bond donors (Lipinski definition) is 0. The van der Waals surface area contributed by atoms with Crippen LogP contribution < -0.4 is 0 Å². The molecule has 0 bridgehead atoms. The van der Waals surface area contributed by atoms with E-state index in [1.807, 2.05) is 12.1 Å². The van der Waals surface area contributed by atoms with Crippen molar-refractivity contribution in [3.63, 3.8) is 0 Å². The SMILES string of the molecule is Clc1ccc2c(c1)c1cc3ccccc3cc1n2-c1ccccc1. The fourth-order valence-corrected chi connectivity index (χ4v) is 3.71. The van der Waals surface area contributed by atoms with Crippen molar-refractivity contribution in [2.24, 2.45) is 0 Å². The summed E-state index contributed by atoms with van der Waals surface area (Å²) in [6.07, 6.45) is 0. The first-order chi connectivity index (χ1) is 11.8. The first-order valence-corrected chi connectivity index (χ1v) is 8.37. The summed E-state index contributed by atoms with van der Waals surface area (Å²) in [5.41, 5.74) is 3.54. The van der Waals surface area contributed by atoms with Crippen molar-refractivity contribution in [2.45, 2.75) is 0 Å². The molecule has 0 saturated heterocycles. The highest BCUT2D eigenvalue weighted by Crippen LogP contribution is 2.35. The van der Waals surface area contributed by atoms with E-state index in [1.54, 1.807) is 0 Å². The van der Waals surface area contributed by atoms with Gasteiger partial charge in [-0.15, -0.1) is 0 Å². The third kappa shape index (κ3) is 1.95. The van der Waals surface area contributed by atoms with Crippen LogP contribution in [0.5, 0.6) is 0 Å². The molecule has 0 radical (unpaired) electrons. The van der Waals surface area contributed by atoms with Gasteiger partial charge in [-0.1, -0.05) is 54.1 Å². The predicted molar refractivity (Wildman–Crippen MR) is 103 cm³/mol. The lowest BCUT2D eigenvalue weighted by Gasteiger charge is -2.08. The van der Waals surface area contributed by atoms with Crippen molar-refractivity contribution in [1.29, 1.82) is 0 Å². The molecule has 0 N–H and O–H groups in total. The van der Waals surface area contributed by atoms with Gasteiger partial charge in [0.05, 0.1) is 11.0 Å². The second-order valence-electron chi connectivity index (χ2n) is 6.05. The van der Waals surface area contributed by atoms with E-state index >= 15 is 0 Å². The average molecular weight is 328 g/mol. The highest BCUT2D eigenvalue weighted by molar-refractivity contribution is 6.32. The fourth-order valence-electron chi connectivity index (χ4n) is 3.53. The maximum Gasteiger partial charge on any atom is 0.0547 e. The van der Waals surface area contributed by atoms with Crippen LogP contribution in [0.3, 0.4) is 0 Å². The van der Waals surface area contributed by atoms with Gasteiger partial charge in [0.15, 0.2) is 0 Å². The van der Waals surface area contributed by atoms with Crippen molar-refractivity contribution in [1.82, 2.24) is 4.57 Å². The van der Waals surface area contributed by atoms with Gasteiger partial charge in [-0.25, -0.2) is 0 Å². The van der Waals surface area contributed by atoms with E-state index in [1.165, 1.54) is 32.6 Å². The van der Waals surface area contributed by atoms with Gasteiger partial charge >= 0.3 is 0 Å². The average Bonchev–Trinajstić information content (AvgIpc) is 2.93. The van der Waals surface area contributed by atoms with E-state index < -0.39 is 0 Å². The molecule has 0 unspecified atom stereocenters. The Hall–Kier alpha value is -2.77. The van der Waals surface area contributed by atoms with Crippen LogP contribution in [0, 0.1) is 0 Å². The lowest BCUT2D eigenvalue weighted by Crippen LogP contribution is -1.92. The lowest BCUT2D eigenvalue weighted by atomic mass is 10.1. The summed E-state index contributed by atoms with van der Waals surface area (Å²) in [4.78, 5) is 0. The zero-order valence-corrected chi connectivity index (χ0v) is 13.7. The normalized spacial score (nSPS) is 11.5. The fraction of sp³-hybridized carbons (Fsp3) is 0. The summed E-state index contributed by atoms with van der Waals surface area (Å²) in [5, 5.41) is 5.68. The molecule has 5 rings (SSSR count). The first-order valence-electron chi connectivity index (χ1n) is 7.99. The Bertz CT molecular complexity index is 1200. The number of para-hydroxylation sites is 1. The molecule has 4 aromatic carbocycles. The Balaban J connectivity index is 2.03. The van der Waals surface area contributed by atoms with Gasteiger partial charge in [-0.05, 0) is 53.2 Å². The third-order valence-electron chi connectivity index (χ3n) is 4.61. The standard InChI is InChI=1S/C22H14ClN/c23-17-10-11-21-20(14-17)19-12-15-6-4-5-7-16(15)13-22(19)24(21)18-8-2-1-3-9-18/h1-14H. The van der Waals surface area contributed by atoms with Crippen molar-refractivity contribution >= 4 is 44.2 Å². The van der Waals surface area contributed by atoms with Crippen LogP contribution in [-0.4, -0.2) is 4.57 Å². The van der Waals surface area contributed by atoms with Gasteiger partial charge in [-0.3, -0.25) is 0 Å². The maximum absolute atomic E-state index is 6.28. The summed E-state index contributed by atoms with van der Waals surface area (Å²) in [5.74, 6) is 0. The van der Waals surface area contributed by atoms with E-state index in [4.69, 9.17) is 11.6 Å². The van der Waals surface area contributed by atoms with Crippen LogP contribution in [0.4, 0.5) is 0 Å². The Morgan fingerprint density at radius 3 is 2.04 bits per heavy atom. The van der Waals surface area contributed by atoms with Gasteiger partial charge in [0.25, 0.3) is 0 Å². The smallest absolute Gasteiger partial charge is 0.0547 e. The van der Waals surface area contributed by atoms with E-state index in [2.05, 4.69) is 77.4 Å². The number of hydrogen-bond acceptors (Lipinski definition) is 0. The number of fused-ring (bicyclic) bond motifs is 4. The van der Waals surface area contributed by atoms with Gasteiger partial charge in [0, 0.05) is 21.5 Å². The largest absolute Gasteiger partial charge is 0.309 e. The Kier molecular flexibility index (Phi) is 2.91. The molecule has 0 aliphatic carbocycles. The minimum Gasteiger partial charge on any atom is -0.309 e. The maximum atomic E-state index is 6.28. The van der Waals surface area contributed by atoms with Gasteiger partial charge in [0.2, 0.25) is 0 Å². The Morgan fingerprint density at radius 2 is 1.25 bits per heavy atom. The summed E-state index contributed by atoms with van der Waals surface area (Å²) >= 11 is 6.28. The quantitative estimate of drug-likeness (QED) is 0.327. The van der Waals surface area contributed by atoms with Crippen LogP contribution in [0.25, 0.3) is 38.3 Å². The molecule has 24 heavy (non-hydrogen) atoms. The molecule has 1 aromatic heterocycles. The molecule has 0 aliphatic rings. The number of rotatable bonds is 1. The van der Waals surface area contributed by atoms with Crippen molar-refractivity contribution in [3.8, 4) is 5.69 Å². The number of aromatic nitrogens is 1. The van der Waals surface area contributed by atoms with Crippen LogP contribution >= 0.6 is 11.6 Å². The molecule has 1 heterocycles. The van der Waals surface area contributed by atoms with Crippen LogP contribution in [-0.2, 0) is 0 Å². The van der Waals surface area contributed by atoms with Crippen LogP contribution in [0.2, 0.25) is 5.02 Å². The molecule has 0 fully saturated rings. The lowest BCUT2D eigenvalue weighted by molar-refractivity contribution is 1.18. The van der Waals surface area contributed by atoms with E-state index in [0.29, 0.717) is 0 Å². The van der Waals surface area contributed by atoms with Crippen molar-refractivity contribution < 1.29 is 0 Å². The summed E-state index contributed by atoms with van der Waals surface area (Å²) in [6.45, 7) is 0. The molecule has 0 atom stereocenters. The molecule has 114 valence electrons. The third-order valence-corrected chi connectivity index (χ3v) is 4.84.